The first kappa shape index (κ1) is 16.4. The number of carbonyl (C=O) groups excluding carboxylic acids is 1. The molecule has 4 nitrogen and oxygen atoms in total. The highest BCUT2D eigenvalue weighted by molar-refractivity contribution is 7.80. The summed E-state index contributed by atoms with van der Waals surface area (Å²) in [6, 6.07) is 7.45. The van der Waals surface area contributed by atoms with Crippen LogP contribution in [0.4, 0.5) is 5.69 Å². The van der Waals surface area contributed by atoms with Crippen molar-refractivity contribution in [2.24, 2.45) is 0 Å². The van der Waals surface area contributed by atoms with Crippen molar-refractivity contribution in [1.29, 1.82) is 0 Å². The van der Waals surface area contributed by atoms with Crippen LogP contribution in [0.15, 0.2) is 24.3 Å². The second-order valence-electron chi connectivity index (χ2n) is 4.41. The Bertz CT molecular complexity index is 442. The lowest BCUT2D eigenvalue weighted by molar-refractivity contribution is 0.0526. The minimum absolute atomic E-state index is 0.309. The van der Waals surface area contributed by atoms with Crippen LogP contribution in [0.3, 0.4) is 0 Å². The molecule has 0 saturated carbocycles. The molecule has 0 atom stereocenters. The summed E-state index contributed by atoms with van der Waals surface area (Å²) in [7, 11) is 0. The SMILES string of the molecule is CCOC(=O)c1ccc(NC(=S)NC(CC)CC)cc1. The Morgan fingerprint density at radius 3 is 2.30 bits per heavy atom. The van der Waals surface area contributed by atoms with E-state index >= 15 is 0 Å². The average molecular weight is 294 g/mol. The van der Waals surface area contributed by atoms with Crippen LogP contribution in [0.25, 0.3) is 0 Å². The lowest BCUT2D eigenvalue weighted by atomic mass is 10.2. The molecule has 0 saturated heterocycles. The average Bonchev–Trinajstić information content (AvgIpc) is 2.45. The quantitative estimate of drug-likeness (QED) is 0.622. The first-order chi connectivity index (χ1) is 9.60. The fraction of sp³-hybridized carbons (Fsp3) is 0.467. The second kappa shape index (κ2) is 8.53. The Kier molecular flexibility index (Phi) is 7.01. The van der Waals surface area contributed by atoms with Gasteiger partial charge in [-0.15, -0.1) is 0 Å². The lowest BCUT2D eigenvalue weighted by Crippen LogP contribution is -2.36. The first-order valence-electron chi connectivity index (χ1n) is 6.95. The van der Waals surface area contributed by atoms with Crippen molar-refractivity contribution < 1.29 is 9.53 Å². The molecule has 0 amide bonds. The Morgan fingerprint density at radius 1 is 1.20 bits per heavy atom. The van der Waals surface area contributed by atoms with Gasteiger partial charge in [0.25, 0.3) is 0 Å². The van der Waals surface area contributed by atoms with Gasteiger partial charge in [0.1, 0.15) is 0 Å². The number of carbonyl (C=O) groups is 1. The molecule has 0 spiro atoms. The van der Waals surface area contributed by atoms with Crippen LogP contribution < -0.4 is 10.6 Å². The van der Waals surface area contributed by atoms with Gasteiger partial charge in [-0.05, 0) is 56.2 Å². The standard InChI is InChI=1S/C15H22N2O2S/c1-4-12(5-2)16-15(20)17-13-9-7-11(8-10-13)14(18)19-6-3/h7-10,12H,4-6H2,1-3H3,(H2,16,17,20). The summed E-state index contributed by atoms with van der Waals surface area (Å²) < 4.78 is 4.93. The molecule has 0 aromatic heterocycles. The van der Waals surface area contributed by atoms with E-state index < -0.39 is 0 Å². The monoisotopic (exact) mass is 294 g/mol. The maximum atomic E-state index is 11.5. The molecule has 20 heavy (non-hydrogen) atoms. The van der Waals surface area contributed by atoms with Gasteiger partial charge >= 0.3 is 5.97 Å². The van der Waals surface area contributed by atoms with E-state index in [1.54, 1.807) is 19.1 Å². The van der Waals surface area contributed by atoms with Crippen molar-refractivity contribution in [3.63, 3.8) is 0 Å². The van der Waals surface area contributed by atoms with Crippen molar-refractivity contribution in [3.05, 3.63) is 29.8 Å². The molecular formula is C15H22N2O2S. The van der Waals surface area contributed by atoms with Crippen molar-refractivity contribution in [2.45, 2.75) is 39.7 Å². The Morgan fingerprint density at radius 2 is 1.80 bits per heavy atom. The van der Waals surface area contributed by atoms with E-state index in [2.05, 4.69) is 24.5 Å². The highest BCUT2D eigenvalue weighted by Crippen LogP contribution is 2.11. The fourth-order valence-electron chi connectivity index (χ4n) is 1.75. The zero-order valence-corrected chi connectivity index (χ0v) is 13.0. The van der Waals surface area contributed by atoms with Crippen LogP contribution >= 0.6 is 12.2 Å². The van der Waals surface area contributed by atoms with Gasteiger partial charge in [-0.3, -0.25) is 0 Å². The summed E-state index contributed by atoms with van der Waals surface area (Å²) in [6.07, 6.45) is 2.06. The number of hydrogen-bond acceptors (Lipinski definition) is 3. The van der Waals surface area contributed by atoms with E-state index in [4.69, 9.17) is 17.0 Å². The molecule has 0 unspecified atom stereocenters. The third-order valence-corrected chi connectivity index (χ3v) is 3.19. The van der Waals surface area contributed by atoms with Gasteiger partial charge in [-0.25, -0.2) is 4.79 Å². The topological polar surface area (TPSA) is 50.4 Å². The predicted molar refractivity (Wildman–Crippen MR) is 86.1 cm³/mol. The van der Waals surface area contributed by atoms with Gasteiger partial charge in [0.15, 0.2) is 5.11 Å². The maximum Gasteiger partial charge on any atom is 0.338 e. The zero-order chi connectivity index (χ0) is 15.0. The molecule has 0 heterocycles. The second-order valence-corrected chi connectivity index (χ2v) is 4.82. The van der Waals surface area contributed by atoms with Crippen molar-refractivity contribution >= 4 is 29.0 Å². The van der Waals surface area contributed by atoms with Crippen LogP contribution in [0.5, 0.6) is 0 Å². The molecular weight excluding hydrogens is 272 g/mol. The molecule has 0 aliphatic heterocycles. The number of nitrogens with one attached hydrogen (secondary N) is 2. The number of ether oxygens (including phenoxy) is 1. The Labute approximate surface area is 125 Å². The van der Waals surface area contributed by atoms with Crippen LogP contribution in [0.1, 0.15) is 44.0 Å². The molecule has 0 aliphatic carbocycles. The molecule has 1 aromatic rings. The van der Waals surface area contributed by atoms with Gasteiger partial charge in [-0.1, -0.05) is 13.8 Å². The number of hydrogen-bond donors (Lipinski definition) is 2. The third-order valence-electron chi connectivity index (χ3n) is 2.97. The van der Waals surface area contributed by atoms with E-state index in [1.165, 1.54) is 0 Å². The zero-order valence-electron chi connectivity index (χ0n) is 12.2. The van der Waals surface area contributed by atoms with Crippen LogP contribution in [-0.2, 0) is 4.74 Å². The molecule has 0 radical (unpaired) electrons. The number of rotatable bonds is 6. The van der Waals surface area contributed by atoms with E-state index in [1.807, 2.05) is 12.1 Å². The number of anilines is 1. The minimum Gasteiger partial charge on any atom is -0.462 e. The third kappa shape index (κ3) is 5.17. The van der Waals surface area contributed by atoms with E-state index in [0.29, 0.717) is 23.3 Å². The predicted octanol–water partition coefficient (Wildman–Crippen LogP) is 3.34. The summed E-state index contributed by atoms with van der Waals surface area (Å²) in [5.74, 6) is -0.309. The van der Waals surface area contributed by atoms with Gasteiger partial charge in [0.2, 0.25) is 0 Å². The van der Waals surface area contributed by atoms with E-state index in [9.17, 15) is 4.79 Å². The smallest absolute Gasteiger partial charge is 0.338 e. The molecule has 1 rings (SSSR count). The van der Waals surface area contributed by atoms with Gasteiger partial charge in [0.05, 0.1) is 12.2 Å². The van der Waals surface area contributed by atoms with Crippen LogP contribution in [-0.4, -0.2) is 23.7 Å². The Hall–Kier alpha value is -1.62. The van der Waals surface area contributed by atoms with Crippen LogP contribution in [0.2, 0.25) is 0 Å². The largest absolute Gasteiger partial charge is 0.462 e. The number of esters is 1. The van der Waals surface area contributed by atoms with Crippen molar-refractivity contribution in [2.75, 3.05) is 11.9 Å². The molecule has 5 heteroatoms. The lowest BCUT2D eigenvalue weighted by Gasteiger charge is -2.17. The molecule has 0 fully saturated rings. The maximum absolute atomic E-state index is 11.5. The molecule has 0 aliphatic rings. The first-order valence-corrected chi connectivity index (χ1v) is 7.36. The molecule has 110 valence electrons. The summed E-state index contributed by atoms with van der Waals surface area (Å²) >= 11 is 5.26. The summed E-state index contributed by atoms with van der Waals surface area (Å²) in [5.41, 5.74) is 1.39. The highest BCUT2D eigenvalue weighted by atomic mass is 32.1. The van der Waals surface area contributed by atoms with E-state index in [-0.39, 0.29) is 5.97 Å². The van der Waals surface area contributed by atoms with Crippen molar-refractivity contribution in [3.8, 4) is 0 Å². The van der Waals surface area contributed by atoms with Gasteiger partial charge < -0.3 is 15.4 Å². The van der Waals surface area contributed by atoms with E-state index in [0.717, 1.165) is 18.5 Å². The molecule has 2 N–H and O–H groups in total. The van der Waals surface area contributed by atoms with Gasteiger partial charge in [-0.2, -0.15) is 0 Å². The summed E-state index contributed by atoms with van der Waals surface area (Å²) in [5, 5.41) is 6.96. The van der Waals surface area contributed by atoms with Gasteiger partial charge in [0, 0.05) is 11.7 Å². The highest BCUT2D eigenvalue weighted by Gasteiger charge is 2.07. The number of thiocarbonyl (C=S) groups is 1. The normalized spacial score (nSPS) is 10.2. The number of benzene rings is 1. The molecule has 0 bridgehead atoms. The van der Waals surface area contributed by atoms with Crippen molar-refractivity contribution in [1.82, 2.24) is 5.32 Å². The minimum atomic E-state index is -0.309. The summed E-state index contributed by atoms with van der Waals surface area (Å²) in [4.78, 5) is 11.5. The fourth-order valence-corrected chi connectivity index (χ4v) is 2.03. The molecule has 1 aromatic carbocycles. The van der Waals surface area contributed by atoms with Crippen LogP contribution in [0, 0.1) is 0 Å². The summed E-state index contributed by atoms with van der Waals surface area (Å²) in [6.45, 7) is 6.41. The Balaban J connectivity index is 2.57.